The summed E-state index contributed by atoms with van der Waals surface area (Å²) in [6.07, 6.45) is 1.82. The molecule has 182 valence electrons. The van der Waals surface area contributed by atoms with Gasteiger partial charge >= 0.3 is 12.1 Å². The van der Waals surface area contributed by atoms with Crippen molar-refractivity contribution in [1.82, 2.24) is 14.7 Å². The third kappa shape index (κ3) is 4.97. The van der Waals surface area contributed by atoms with Crippen molar-refractivity contribution in [3.05, 3.63) is 47.6 Å². The lowest BCUT2D eigenvalue weighted by Gasteiger charge is -2.18. The molecule has 0 saturated heterocycles. The van der Waals surface area contributed by atoms with Crippen molar-refractivity contribution >= 4 is 45.5 Å². The number of halogens is 2. The van der Waals surface area contributed by atoms with Crippen LogP contribution in [0.2, 0.25) is 5.02 Å². The molecule has 9 nitrogen and oxygen atoms in total. The van der Waals surface area contributed by atoms with Gasteiger partial charge in [0.15, 0.2) is 11.5 Å². The number of fused-ring (bicyclic) bond motifs is 2. The van der Waals surface area contributed by atoms with Gasteiger partial charge in [0.05, 0.1) is 35.1 Å². The number of aromatic nitrogens is 3. The van der Waals surface area contributed by atoms with Gasteiger partial charge in [0, 0.05) is 35.4 Å². The molecule has 35 heavy (non-hydrogen) atoms. The number of carbonyl (C=O) groups excluding carboxylic acids is 2. The number of methoxy groups -OCH3 is 1. The maximum absolute atomic E-state index is 14.4. The Morgan fingerprint density at radius 1 is 1.06 bits per heavy atom. The highest BCUT2D eigenvalue weighted by Crippen LogP contribution is 2.39. The summed E-state index contributed by atoms with van der Waals surface area (Å²) in [7, 11) is 1.44. The van der Waals surface area contributed by atoms with Crippen molar-refractivity contribution < 1.29 is 33.0 Å². The molecule has 2 heterocycles. The molecule has 0 spiro atoms. The second-order valence-electron chi connectivity index (χ2n) is 8.54. The molecule has 0 unspecified atom stereocenters. The van der Waals surface area contributed by atoms with Crippen LogP contribution in [0.25, 0.3) is 33.1 Å². The summed E-state index contributed by atoms with van der Waals surface area (Å²) in [5, 5.41) is 0.820. The van der Waals surface area contributed by atoms with E-state index < -0.39 is 23.5 Å². The van der Waals surface area contributed by atoms with Crippen LogP contribution < -0.4 is 14.3 Å². The van der Waals surface area contributed by atoms with Crippen molar-refractivity contribution in [2.45, 2.75) is 33.3 Å². The molecular weight excluding hydrogens is 481 g/mol. The van der Waals surface area contributed by atoms with Crippen molar-refractivity contribution in [2.75, 3.05) is 7.11 Å². The molecule has 0 N–H and O–H groups in total. The van der Waals surface area contributed by atoms with Crippen LogP contribution in [-0.4, -0.2) is 39.5 Å². The van der Waals surface area contributed by atoms with Gasteiger partial charge in [-0.15, -0.1) is 0 Å². The predicted molar refractivity (Wildman–Crippen MR) is 126 cm³/mol. The van der Waals surface area contributed by atoms with E-state index in [-0.39, 0.29) is 16.3 Å². The third-order valence-electron chi connectivity index (χ3n) is 4.80. The zero-order valence-corrected chi connectivity index (χ0v) is 20.3. The van der Waals surface area contributed by atoms with Gasteiger partial charge < -0.3 is 19.0 Å². The molecule has 0 aliphatic heterocycles. The fraction of sp³-hybridized carbons (Fsp3) is 0.250. The molecule has 0 aliphatic carbocycles. The summed E-state index contributed by atoms with van der Waals surface area (Å²) in [5.74, 6) is -0.766. The normalized spacial score (nSPS) is 11.5. The van der Waals surface area contributed by atoms with Crippen molar-refractivity contribution in [3.63, 3.8) is 0 Å². The van der Waals surface area contributed by atoms with Crippen molar-refractivity contribution in [1.29, 1.82) is 0 Å². The highest BCUT2D eigenvalue weighted by atomic mass is 35.5. The second-order valence-corrected chi connectivity index (χ2v) is 8.95. The summed E-state index contributed by atoms with van der Waals surface area (Å²) >= 11 is 6.07. The topological polar surface area (TPSA) is 102 Å². The van der Waals surface area contributed by atoms with E-state index in [1.54, 1.807) is 32.9 Å². The standard InChI is InChI=1S/C24H21ClFN3O6/c1-12(30)33-21-7-14-18(9-20(21)32-5)27-11-28-22(14)15-10-29(35-23(31)34-24(2,3)4)19-8-17(26)16(25)6-13(15)19/h6-11H,1-5H3. The molecule has 0 bridgehead atoms. The third-order valence-corrected chi connectivity index (χ3v) is 5.09. The van der Waals surface area contributed by atoms with E-state index in [1.165, 1.54) is 32.6 Å². The quantitative estimate of drug-likeness (QED) is 0.273. The molecule has 0 fully saturated rings. The number of hydrogen-bond acceptors (Lipinski definition) is 8. The first-order chi connectivity index (χ1) is 16.5. The van der Waals surface area contributed by atoms with Crippen LogP contribution in [0.5, 0.6) is 11.5 Å². The highest BCUT2D eigenvalue weighted by molar-refractivity contribution is 6.31. The molecule has 0 radical (unpaired) electrons. The molecule has 0 atom stereocenters. The van der Waals surface area contributed by atoms with E-state index in [1.807, 2.05) is 0 Å². The van der Waals surface area contributed by atoms with E-state index in [0.717, 1.165) is 10.8 Å². The van der Waals surface area contributed by atoms with Gasteiger partial charge in [-0.2, -0.15) is 4.73 Å². The molecular formula is C24H21ClFN3O6. The second kappa shape index (κ2) is 9.03. The molecule has 0 saturated carbocycles. The van der Waals surface area contributed by atoms with Gasteiger partial charge in [-0.1, -0.05) is 11.6 Å². The average Bonchev–Trinajstić information content (AvgIpc) is 3.08. The fourth-order valence-corrected chi connectivity index (χ4v) is 3.64. The van der Waals surface area contributed by atoms with Gasteiger partial charge in [-0.25, -0.2) is 19.2 Å². The van der Waals surface area contributed by atoms with Crippen LogP contribution in [0.3, 0.4) is 0 Å². The van der Waals surface area contributed by atoms with Gasteiger partial charge in [-0.05, 0) is 32.9 Å². The van der Waals surface area contributed by atoms with E-state index in [4.69, 9.17) is 30.6 Å². The predicted octanol–water partition coefficient (Wildman–Crippen LogP) is 5.34. The highest BCUT2D eigenvalue weighted by Gasteiger charge is 2.23. The molecule has 4 rings (SSSR count). The van der Waals surface area contributed by atoms with Gasteiger partial charge in [0.2, 0.25) is 0 Å². The number of nitrogens with zero attached hydrogens (tertiary/aromatic N) is 3. The first-order valence-corrected chi connectivity index (χ1v) is 10.8. The van der Waals surface area contributed by atoms with Crippen LogP contribution >= 0.6 is 11.6 Å². The van der Waals surface area contributed by atoms with E-state index in [9.17, 15) is 14.0 Å². The lowest BCUT2D eigenvalue weighted by atomic mass is 10.0. The zero-order chi connectivity index (χ0) is 25.5. The molecule has 4 aromatic rings. The van der Waals surface area contributed by atoms with Crippen LogP contribution in [0.1, 0.15) is 27.7 Å². The molecule has 2 aromatic heterocycles. The monoisotopic (exact) mass is 501 g/mol. The minimum atomic E-state index is -0.981. The minimum absolute atomic E-state index is 0.130. The summed E-state index contributed by atoms with van der Waals surface area (Å²) in [6, 6.07) is 5.71. The lowest BCUT2D eigenvalue weighted by molar-refractivity contribution is -0.132. The van der Waals surface area contributed by atoms with Crippen LogP contribution in [0.4, 0.5) is 9.18 Å². The number of hydrogen-bond donors (Lipinski definition) is 0. The van der Waals surface area contributed by atoms with E-state index >= 15 is 0 Å². The Hall–Kier alpha value is -3.92. The first kappa shape index (κ1) is 24.2. The van der Waals surface area contributed by atoms with E-state index in [0.29, 0.717) is 33.3 Å². The van der Waals surface area contributed by atoms with Crippen LogP contribution in [0, 0.1) is 5.82 Å². The smallest absolute Gasteiger partial charge is 0.493 e. The summed E-state index contributed by atoms with van der Waals surface area (Å²) in [4.78, 5) is 37.9. The Morgan fingerprint density at radius 3 is 2.46 bits per heavy atom. The zero-order valence-electron chi connectivity index (χ0n) is 19.5. The Balaban J connectivity index is 1.94. The Morgan fingerprint density at radius 2 is 1.80 bits per heavy atom. The molecule has 0 aliphatic rings. The van der Waals surface area contributed by atoms with Gasteiger partial charge in [-0.3, -0.25) is 4.79 Å². The summed E-state index contributed by atoms with van der Waals surface area (Å²) in [5.41, 5.74) is 0.757. The van der Waals surface area contributed by atoms with Crippen LogP contribution in [-0.2, 0) is 9.53 Å². The fourth-order valence-electron chi connectivity index (χ4n) is 3.48. The molecule has 11 heteroatoms. The number of esters is 1. The molecule has 2 aromatic carbocycles. The van der Waals surface area contributed by atoms with Crippen molar-refractivity contribution in [2.24, 2.45) is 0 Å². The Kier molecular flexibility index (Phi) is 6.25. The number of rotatable bonds is 4. The lowest BCUT2D eigenvalue weighted by Crippen LogP contribution is -2.29. The maximum atomic E-state index is 14.4. The van der Waals surface area contributed by atoms with Crippen LogP contribution in [0.15, 0.2) is 36.8 Å². The Labute approximate surface area is 204 Å². The largest absolute Gasteiger partial charge is 0.534 e. The minimum Gasteiger partial charge on any atom is -0.493 e. The summed E-state index contributed by atoms with van der Waals surface area (Å²) in [6.45, 7) is 6.34. The van der Waals surface area contributed by atoms with E-state index in [2.05, 4.69) is 9.97 Å². The first-order valence-electron chi connectivity index (χ1n) is 10.4. The van der Waals surface area contributed by atoms with Gasteiger partial charge in [0.1, 0.15) is 17.7 Å². The number of ether oxygens (including phenoxy) is 3. The number of carbonyl (C=O) groups is 2. The molecule has 0 amide bonds. The maximum Gasteiger partial charge on any atom is 0.534 e. The summed E-state index contributed by atoms with van der Waals surface area (Å²) < 4.78 is 31.3. The Bertz CT molecular complexity index is 1480. The number of benzene rings is 2. The average molecular weight is 502 g/mol. The van der Waals surface area contributed by atoms with Crippen molar-refractivity contribution in [3.8, 4) is 22.8 Å². The SMILES string of the molecule is COc1cc2ncnc(-c3cn(OC(=O)OC(C)(C)C)c4cc(F)c(Cl)cc34)c2cc1OC(C)=O. The van der Waals surface area contributed by atoms with Gasteiger partial charge in [0.25, 0.3) is 0 Å².